The van der Waals surface area contributed by atoms with E-state index in [0.29, 0.717) is 5.03 Å². The molecule has 0 unspecified atom stereocenters. The van der Waals surface area contributed by atoms with Crippen LogP contribution in [0.2, 0.25) is 0 Å². The third kappa shape index (κ3) is 1.16. The molecule has 1 N–H and O–H groups in total. The van der Waals surface area contributed by atoms with Crippen LogP contribution in [0.5, 0.6) is 0 Å². The summed E-state index contributed by atoms with van der Waals surface area (Å²) in [5.41, 5.74) is 0. The molecule has 0 aromatic heterocycles. The molecule has 3 heteroatoms. The molecule has 0 aliphatic carbocycles. The SMILES string of the molecule is ClC1=C(Br)C=[NH+]C=[C+]1. The van der Waals surface area contributed by atoms with E-state index in [2.05, 4.69) is 27.0 Å². The Labute approximate surface area is 60.9 Å². The Hall–Kier alpha value is -0.170. The van der Waals surface area contributed by atoms with Crippen LogP contribution in [-0.2, 0) is 0 Å². The van der Waals surface area contributed by atoms with Gasteiger partial charge in [0.05, 0.1) is 15.9 Å². The standard InChI is InChI=1S/C5H2BrClN/c6-4-3-8-2-1-5(4)7/h2-3H/q+1/p+1. The largest absolute Gasteiger partial charge is 0.314 e. The number of hydrogen-bond donors (Lipinski definition) is 1. The normalized spacial score (nSPS) is 16.8. The number of nitrogens with one attached hydrogen (secondary N) is 1. The molecule has 0 aromatic carbocycles. The van der Waals surface area contributed by atoms with Crippen LogP contribution in [0.3, 0.4) is 0 Å². The van der Waals surface area contributed by atoms with Gasteiger partial charge in [0.25, 0.3) is 11.2 Å². The van der Waals surface area contributed by atoms with Crippen LogP contribution in [-0.4, -0.2) is 6.21 Å². The van der Waals surface area contributed by atoms with Crippen molar-refractivity contribution in [1.29, 1.82) is 0 Å². The lowest BCUT2D eigenvalue weighted by atomic mass is 10.4. The van der Waals surface area contributed by atoms with Crippen molar-refractivity contribution in [2.24, 2.45) is 0 Å². The van der Waals surface area contributed by atoms with E-state index in [4.69, 9.17) is 11.6 Å². The predicted molar refractivity (Wildman–Crippen MR) is 36.6 cm³/mol. The van der Waals surface area contributed by atoms with Gasteiger partial charge in [-0.25, -0.2) is 0 Å². The van der Waals surface area contributed by atoms with Crippen molar-refractivity contribution >= 4 is 33.7 Å². The molecule has 8 heavy (non-hydrogen) atoms. The van der Waals surface area contributed by atoms with Crippen LogP contribution < -0.4 is 4.99 Å². The summed E-state index contributed by atoms with van der Waals surface area (Å²) in [5, 5.41) is 0.601. The molecule has 1 heterocycles. The van der Waals surface area contributed by atoms with Crippen molar-refractivity contribution in [2.45, 2.75) is 0 Å². The lowest BCUT2D eigenvalue weighted by Crippen LogP contribution is -2.62. The molecule has 0 atom stereocenters. The highest BCUT2D eigenvalue weighted by Gasteiger charge is 2.15. The maximum atomic E-state index is 5.59. The van der Waals surface area contributed by atoms with E-state index >= 15 is 0 Å². The molecule has 0 fully saturated rings. The van der Waals surface area contributed by atoms with Gasteiger partial charge >= 0.3 is 6.20 Å². The Bertz CT molecular complexity index is 161. The van der Waals surface area contributed by atoms with Gasteiger partial charge in [-0.1, -0.05) is 0 Å². The van der Waals surface area contributed by atoms with Gasteiger partial charge in [-0.05, 0) is 11.6 Å². The summed E-state index contributed by atoms with van der Waals surface area (Å²) in [6, 6.07) is 0. The minimum Gasteiger partial charge on any atom is -0.173 e. The summed E-state index contributed by atoms with van der Waals surface area (Å²) < 4.78 is 0.835. The van der Waals surface area contributed by atoms with Crippen LogP contribution in [0.4, 0.5) is 0 Å². The number of rotatable bonds is 0. The van der Waals surface area contributed by atoms with Gasteiger partial charge in [-0.15, -0.1) is 0 Å². The summed E-state index contributed by atoms with van der Waals surface area (Å²) in [6.45, 7) is 0. The second-order valence-corrected chi connectivity index (χ2v) is 2.49. The fourth-order valence-electron chi connectivity index (χ4n) is 0.352. The van der Waals surface area contributed by atoms with Crippen LogP contribution in [0.1, 0.15) is 0 Å². The molecular weight excluding hydrogens is 189 g/mol. The highest BCUT2D eigenvalue weighted by Crippen LogP contribution is 2.13. The van der Waals surface area contributed by atoms with Crippen LogP contribution >= 0.6 is 27.5 Å². The maximum absolute atomic E-state index is 5.59. The van der Waals surface area contributed by atoms with E-state index < -0.39 is 0 Å². The molecule has 1 aliphatic rings. The second kappa shape index (κ2) is 2.40. The summed E-state index contributed by atoms with van der Waals surface area (Å²) in [4.78, 5) is 2.81. The van der Waals surface area contributed by atoms with Gasteiger partial charge in [-0.3, -0.25) is 0 Å². The number of hydrogen-bond acceptors (Lipinski definition) is 0. The number of allylic oxidation sites excluding steroid dienone is 3. The molecule has 0 spiro atoms. The molecule has 1 rings (SSSR count). The smallest absolute Gasteiger partial charge is 0.173 e. The first-order valence-electron chi connectivity index (χ1n) is 2.03. The van der Waals surface area contributed by atoms with Gasteiger partial charge in [0.15, 0.2) is 6.08 Å². The van der Waals surface area contributed by atoms with Crippen molar-refractivity contribution in [3.05, 3.63) is 21.8 Å². The third-order valence-electron chi connectivity index (χ3n) is 0.702. The quantitative estimate of drug-likeness (QED) is 0.531. The third-order valence-corrected chi connectivity index (χ3v) is 1.87. The van der Waals surface area contributed by atoms with Crippen LogP contribution in [0.25, 0.3) is 0 Å². The van der Waals surface area contributed by atoms with Gasteiger partial charge < -0.3 is 0 Å². The number of halogens is 2. The summed E-state index contributed by atoms with van der Waals surface area (Å²) in [5.74, 6) is 0. The molecule has 0 bridgehead atoms. The fraction of sp³-hybridized carbons (Fsp3) is 0. The summed E-state index contributed by atoms with van der Waals surface area (Å²) in [6.07, 6.45) is 6.16. The highest BCUT2D eigenvalue weighted by molar-refractivity contribution is 9.12. The Kier molecular flexibility index (Phi) is 1.79. The molecule has 0 aromatic rings. The topological polar surface area (TPSA) is 14.0 Å². The lowest BCUT2D eigenvalue weighted by molar-refractivity contribution is -0.367. The monoisotopic (exact) mass is 191 g/mol. The van der Waals surface area contributed by atoms with E-state index in [-0.39, 0.29) is 0 Å². The zero-order valence-electron chi connectivity index (χ0n) is 3.91. The van der Waals surface area contributed by atoms with Crippen molar-refractivity contribution in [3.63, 3.8) is 0 Å². The van der Waals surface area contributed by atoms with Crippen molar-refractivity contribution in [2.75, 3.05) is 0 Å². The first kappa shape index (κ1) is 5.96. The minimum absolute atomic E-state index is 0.601. The van der Waals surface area contributed by atoms with E-state index in [0.717, 1.165) is 4.48 Å². The molecule has 0 saturated heterocycles. The van der Waals surface area contributed by atoms with Crippen molar-refractivity contribution in [3.8, 4) is 0 Å². The van der Waals surface area contributed by atoms with Crippen molar-refractivity contribution < 1.29 is 4.99 Å². The lowest BCUT2D eigenvalue weighted by Gasteiger charge is -1.74. The molecular formula is C5H3BrClN+2. The van der Waals surface area contributed by atoms with Crippen molar-refractivity contribution in [1.82, 2.24) is 0 Å². The van der Waals surface area contributed by atoms with E-state index in [1.165, 1.54) is 0 Å². The first-order chi connectivity index (χ1) is 3.80. The molecule has 0 saturated carbocycles. The van der Waals surface area contributed by atoms with Gasteiger partial charge in [0.2, 0.25) is 4.48 Å². The fourth-order valence-corrected chi connectivity index (χ4v) is 0.708. The highest BCUT2D eigenvalue weighted by atomic mass is 79.9. The summed E-state index contributed by atoms with van der Waals surface area (Å²) in [7, 11) is 0. The molecule has 1 nitrogen and oxygen atoms in total. The van der Waals surface area contributed by atoms with E-state index in [1.54, 1.807) is 12.4 Å². The average Bonchev–Trinajstić information content (AvgIpc) is 1.77. The predicted octanol–water partition coefficient (Wildman–Crippen LogP) is 0.314. The average molecular weight is 192 g/mol. The first-order valence-corrected chi connectivity index (χ1v) is 3.20. The molecule has 40 valence electrons. The van der Waals surface area contributed by atoms with Gasteiger partial charge in [-0.2, -0.15) is 4.99 Å². The Balaban J connectivity index is 2.97. The zero-order valence-corrected chi connectivity index (χ0v) is 6.25. The van der Waals surface area contributed by atoms with Crippen LogP contribution in [0, 0.1) is 6.08 Å². The summed E-state index contributed by atoms with van der Waals surface area (Å²) >= 11 is 8.79. The van der Waals surface area contributed by atoms with E-state index in [1.807, 2.05) is 0 Å². The second-order valence-electron chi connectivity index (χ2n) is 1.26. The Morgan fingerprint density at radius 1 is 1.75 bits per heavy atom. The minimum atomic E-state index is 0.601. The molecule has 0 radical (unpaired) electrons. The maximum Gasteiger partial charge on any atom is 0.314 e. The Morgan fingerprint density at radius 2 is 2.50 bits per heavy atom. The Morgan fingerprint density at radius 3 is 2.88 bits per heavy atom. The molecule has 0 amide bonds. The zero-order chi connectivity index (χ0) is 5.98. The van der Waals surface area contributed by atoms with Gasteiger partial charge in [0, 0.05) is 0 Å². The van der Waals surface area contributed by atoms with Gasteiger partial charge in [0.1, 0.15) is 0 Å². The molecule has 1 aliphatic heterocycles. The van der Waals surface area contributed by atoms with E-state index in [9.17, 15) is 0 Å². The van der Waals surface area contributed by atoms with Crippen LogP contribution in [0.15, 0.2) is 15.7 Å².